The van der Waals surface area contributed by atoms with Crippen molar-refractivity contribution in [2.45, 2.75) is 13.2 Å². The maximum atomic E-state index is 11.9. The van der Waals surface area contributed by atoms with Gasteiger partial charge in [0.25, 0.3) is 5.56 Å². The number of furan rings is 1. The first-order valence-electron chi connectivity index (χ1n) is 7.04. The van der Waals surface area contributed by atoms with Gasteiger partial charge in [-0.1, -0.05) is 30.3 Å². The third-order valence-electron chi connectivity index (χ3n) is 3.16. The minimum absolute atomic E-state index is 0.159. The van der Waals surface area contributed by atoms with Gasteiger partial charge in [0.2, 0.25) is 0 Å². The molecule has 0 radical (unpaired) electrons. The smallest absolute Gasteiger partial charge is 0.328 e. The summed E-state index contributed by atoms with van der Waals surface area (Å²) in [6, 6.07) is 15.7. The molecule has 6 heteroatoms. The van der Waals surface area contributed by atoms with Crippen molar-refractivity contribution >= 4 is 5.97 Å². The molecule has 0 saturated heterocycles. The molecule has 0 aliphatic carbocycles. The molecule has 1 aromatic carbocycles. The van der Waals surface area contributed by atoms with Crippen LogP contribution in [0.5, 0.6) is 0 Å². The largest absolute Gasteiger partial charge is 0.463 e. The number of benzene rings is 1. The molecule has 2 heterocycles. The Morgan fingerprint density at radius 1 is 1.09 bits per heavy atom. The quantitative estimate of drug-likeness (QED) is 0.676. The fraction of sp³-hybridized carbons (Fsp3) is 0.118. The van der Waals surface area contributed by atoms with Crippen LogP contribution in [0.25, 0.3) is 11.5 Å². The fourth-order valence-corrected chi connectivity index (χ4v) is 2.02. The van der Waals surface area contributed by atoms with E-state index < -0.39 is 5.97 Å². The molecule has 0 spiro atoms. The highest BCUT2D eigenvalue weighted by molar-refractivity contribution is 5.69. The normalized spacial score (nSPS) is 10.4. The summed E-state index contributed by atoms with van der Waals surface area (Å²) in [7, 11) is 0. The Morgan fingerprint density at radius 2 is 1.91 bits per heavy atom. The molecule has 2 aromatic heterocycles. The Labute approximate surface area is 131 Å². The third kappa shape index (κ3) is 3.74. The van der Waals surface area contributed by atoms with Crippen molar-refractivity contribution in [3.63, 3.8) is 0 Å². The van der Waals surface area contributed by atoms with Gasteiger partial charge in [0, 0.05) is 6.07 Å². The van der Waals surface area contributed by atoms with Gasteiger partial charge in [-0.3, -0.25) is 9.59 Å². The summed E-state index contributed by atoms with van der Waals surface area (Å²) in [6.45, 7) is -0.0908. The van der Waals surface area contributed by atoms with Crippen molar-refractivity contribution in [2.75, 3.05) is 0 Å². The van der Waals surface area contributed by atoms with Crippen LogP contribution in [0.3, 0.4) is 0 Å². The molecule has 0 saturated carbocycles. The second-order valence-corrected chi connectivity index (χ2v) is 4.84. The van der Waals surface area contributed by atoms with Gasteiger partial charge >= 0.3 is 5.97 Å². The Bertz CT molecular complexity index is 839. The van der Waals surface area contributed by atoms with Gasteiger partial charge in [0.15, 0.2) is 5.76 Å². The molecule has 0 fully saturated rings. The van der Waals surface area contributed by atoms with Crippen LogP contribution in [0.1, 0.15) is 5.56 Å². The van der Waals surface area contributed by atoms with E-state index in [1.807, 2.05) is 30.3 Å². The van der Waals surface area contributed by atoms with Crippen molar-refractivity contribution in [1.82, 2.24) is 9.78 Å². The summed E-state index contributed by atoms with van der Waals surface area (Å²) in [6.07, 6.45) is 1.51. The van der Waals surface area contributed by atoms with Gasteiger partial charge in [-0.05, 0) is 23.8 Å². The lowest BCUT2D eigenvalue weighted by Crippen LogP contribution is -2.27. The predicted octanol–water partition coefficient (Wildman–Crippen LogP) is 2.25. The maximum absolute atomic E-state index is 11.9. The van der Waals surface area contributed by atoms with E-state index in [0.717, 1.165) is 10.2 Å². The van der Waals surface area contributed by atoms with E-state index >= 15 is 0 Å². The summed E-state index contributed by atoms with van der Waals surface area (Å²) >= 11 is 0. The molecule has 6 nitrogen and oxygen atoms in total. The lowest BCUT2D eigenvalue weighted by Gasteiger charge is -2.07. The number of ether oxygens (including phenoxy) is 1. The summed E-state index contributed by atoms with van der Waals surface area (Å²) in [5, 5.41) is 4.12. The number of carbonyl (C=O) groups is 1. The highest BCUT2D eigenvalue weighted by Gasteiger charge is 2.10. The Hall–Kier alpha value is -3.15. The zero-order valence-corrected chi connectivity index (χ0v) is 12.2. The molecule has 0 unspecified atom stereocenters. The lowest BCUT2D eigenvalue weighted by atomic mass is 10.2. The van der Waals surface area contributed by atoms with E-state index in [0.29, 0.717) is 11.5 Å². The van der Waals surface area contributed by atoms with Gasteiger partial charge in [-0.15, -0.1) is 0 Å². The summed E-state index contributed by atoms with van der Waals surface area (Å²) in [5.74, 6) is -0.00329. The molecular formula is C17H14N2O4. The first kappa shape index (κ1) is 14.8. The van der Waals surface area contributed by atoms with Crippen molar-refractivity contribution in [2.24, 2.45) is 0 Å². The van der Waals surface area contributed by atoms with Crippen molar-refractivity contribution < 1.29 is 13.9 Å². The number of aromatic nitrogens is 2. The average Bonchev–Trinajstić information content (AvgIpc) is 3.10. The Kier molecular flexibility index (Phi) is 4.33. The molecule has 0 aliphatic rings. The number of esters is 1. The molecule has 0 bridgehead atoms. The van der Waals surface area contributed by atoms with Gasteiger partial charge in [0.05, 0.1) is 6.26 Å². The second-order valence-electron chi connectivity index (χ2n) is 4.84. The number of nitrogens with zero attached hydrogens (tertiary/aromatic N) is 2. The zero-order valence-electron chi connectivity index (χ0n) is 12.2. The molecule has 3 rings (SSSR count). The summed E-state index contributed by atoms with van der Waals surface area (Å²) in [4.78, 5) is 23.7. The molecule has 116 valence electrons. The van der Waals surface area contributed by atoms with E-state index in [1.165, 1.54) is 12.3 Å². The minimum Gasteiger partial charge on any atom is -0.463 e. The first-order chi connectivity index (χ1) is 11.2. The van der Waals surface area contributed by atoms with Crippen LogP contribution in [0.4, 0.5) is 0 Å². The van der Waals surface area contributed by atoms with Crippen LogP contribution in [0.15, 0.2) is 70.1 Å². The number of carbonyl (C=O) groups excluding carboxylic acids is 1. The van der Waals surface area contributed by atoms with E-state index in [2.05, 4.69) is 5.10 Å². The summed E-state index contributed by atoms with van der Waals surface area (Å²) in [5.41, 5.74) is 0.980. The van der Waals surface area contributed by atoms with Gasteiger partial charge in [-0.25, -0.2) is 4.68 Å². The number of hydrogen-bond donors (Lipinski definition) is 0. The maximum Gasteiger partial charge on any atom is 0.328 e. The second kappa shape index (κ2) is 6.74. The highest BCUT2D eigenvalue weighted by Crippen LogP contribution is 2.15. The molecule has 0 amide bonds. The molecule has 0 N–H and O–H groups in total. The van der Waals surface area contributed by atoms with Crippen molar-refractivity contribution in [3.05, 3.63) is 76.8 Å². The van der Waals surface area contributed by atoms with E-state index in [1.54, 1.807) is 18.2 Å². The van der Waals surface area contributed by atoms with Crippen LogP contribution in [-0.4, -0.2) is 15.7 Å². The molecule has 23 heavy (non-hydrogen) atoms. The van der Waals surface area contributed by atoms with Crippen LogP contribution in [-0.2, 0) is 22.7 Å². The highest BCUT2D eigenvalue weighted by atomic mass is 16.5. The number of rotatable bonds is 5. The van der Waals surface area contributed by atoms with Crippen molar-refractivity contribution in [1.29, 1.82) is 0 Å². The zero-order chi connectivity index (χ0) is 16.1. The minimum atomic E-state index is -0.528. The first-order valence-corrected chi connectivity index (χ1v) is 7.04. The monoisotopic (exact) mass is 310 g/mol. The lowest BCUT2D eigenvalue weighted by molar-refractivity contribution is -0.146. The van der Waals surface area contributed by atoms with Crippen LogP contribution >= 0.6 is 0 Å². The van der Waals surface area contributed by atoms with Gasteiger partial charge in [-0.2, -0.15) is 5.10 Å². The fourth-order valence-electron chi connectivity index (χ4n) is 2.02. The Morgan fingerprint density at radius 3 is 2.65 bits per heavy atom. The molecule has 3 aromatic rings. The van der Waals surface area contributed by atoms with Crippen LogP contribution < -0.4 is 5.56 Å². The summed E-state index contributed by atoms with van der Waals surface area (Å²) < 4.78 is 11.4. The topological polar surface area (TPSA) is 74.3 Å². The van der Waals surface area contributed by atoms with E-state index in [-0.39, 0.29) is 18.7 Å². The van der Waals surface area contributed by atoms with E-state index in [4.69, 9.17) is 9.15 Å². The predicted molar refractivity (Wildman–Crippen MR) is 82.4 cm³/mol. The molecule has 0 atom stereocenters. The van der Waals surface area contributed by atoms with Gasteiger partial charge in [0.1, 0.15) is 18.8 Å². The van der Waals surface area contributed by atoms with Gasteiger partial charge < -0.3 is 9.15 Å². The van der Waals surface area contributed by atoms with Crippen molar-refractivity contribution in [3.8, 4) is 11.5 Å². The molecule has 0 aliphatic heterocycles. The SMILES string of the molecule is O=C(Cn1nc(-c2ccco2)ccc1=O)OCc1ccccc1. The molecular weight excluding hydrogens is 296 g/mol. The Balaban J connectivity index is 1.68. The van der Waals surface area contributed by atoms with Crippen LogP contribution in [0, 0.1) is 0 Å². The van der Waals surface area contributed by atoms with E-state index in [9.17, 15) is 9.59 Å². The van der Waals surface area contributed by atoms with Crippen LogP contribution in [0.2, 0.25) is 0 Å². The third-order valence-corrected chi connectivity index (χ3v) is 3.16. The standard InChI is InChI=1S/C17H14N2O4/c20-16-9-8-14(15-7-4-10-22-15)18-19(16)11-17(21)23-12-13-5-2-1-3-6-13/h1-10H,11-12H2. The number of hydrogen-bond acceptors (Lipinski definition) is 5. The average molecular weight is 310 g/mol.